The third-order valence-corrected chi connectivity index (χ3v) is 5.88. The first kappa shape index (κ1) is 24.0. The van der Waals surface area contributed by atoms with E-state index in [4.69, 9.17) is 9.47 Å². The number of methoxy groups -OCH3 is 2. The summed E-state index contributed by atoms with van der Waals surface area (Å²) in [6, 6.07) is 15.3. The smallest absolute Gasteiger partial charge is 0.224 e. The van der Waals surface area contributed by atoms with Crippen molar-refractivity contribution in [2.45, 2.75) is 33.1 Å². The molecular formula is C26H30N6O3. The molecule has 0 radical (unpaired) electrons. The normalized spacial score (nSPS) is 10.9. The van der Waals surface area contributed by atoms with Crippen LogP contribution in [0.1, 0.15) is 28.9 Å². The van der Waals surface area contributed by atoms with Crippen LogP contribution in [-0.4, -0.2) is 46.5 Å². The number of nitrogens with one attached hydrogen (secondary N) is 2. The Balaban J connectivity index is 1.37. The standard InChI is InChI=1S/C26H30N6O3/c1-17-5-6-20(15-18(17)2)28-26(33)12-11-25-30-29-24-10-9-23(31-32(24)25)27-14-13-19-16-21(34-3)7-8-22(19)35-4/h5-10,15-16H,11-14H2,1-4H3,(H,27,31)(H,28,33). The van der Waals surface area contributed by atoms with Crippen molar-refractivity contribution in [3.63, 3.8) is 0 Å². The fraction of sp³-hybridized carbons (Fsp3) is 0.308. The van der Waals surface area contributed by atoms with E-state index in [1.165, 1.54) is 5.56 Å². The van der Waals surface area contributed by atoms with Crippen molar-refractivity contribution in [2.75, 3.05) is 31.4 Å². The highest BCUT2D eigenvalue weighted by Gasteiger charge is 2.11. The Morgan fingerprint density at radius 1 is 0.943 bits per heavy atom. The summed E-state index contributed by atoms with van der Waals surface area (Å²) in [6.45, 7) is 4.72. The van der Waals surface area contributed by atoms with Crippen molar-refractivity contribution >= 4 is 23.1 Å². The molecule has 0 fully saturated rings. The maximum absolute atomic E-state index is 12.5. The summed E-state index contributed by atoms with van der Waals surface area (Å²) in [5.41, 5.74) is 4.80. The van der Waals surface area contributed by atoms with Crippen molar-refractivity contribution in [1.29, 1.82) is 0 Å². The minimum absolute atomic E-state index is 0.0773. The molecule has 35 heavy (non-hydrogen) atoms. The van der Waals surface area contributed by atoms with Crippen LogP contribution in [0.3, 0.4) is 0 Å². The number of aromatic nitrogens is 4. The molecule has 9 nitrogen and oxygen atoms in total. The Morgan fingerprint density at radius 3 is 2.57 bits per heavy atom. The summed E-state index contributed by atoms with van der Waals surface area (Å²) < 4.78 is 12.5. The van der Waals surface area contributed by atoms with Gasteiger partial charge in [-0.1, -0.05) is 6.07 Å². The molecule has 0 unspecified atom stereocenters. The summed E-state index contributed by atoms with van der Waals surface area (Å²) in [5, 5.41) is 19.3. The van der Waals surface area contributed by atoms with Gasteiger partial charge < -0.3 is 20.1 Å². The molecule has 182 valence electrons. The molecule has 0 saturated carbocycles. The molecule has 9 heteroatoms. The fourth-order valence-electron chi connectivity index (χ4n) is 3.75. The second-order valence-corrected chi connectivity index (χ2v) is 8.31. The van der Waals surface area contributed by atoms with Gasteiger partial charge in [0.05, 0.1) is 14.2 Å². The maximum Gasteiger partial charge on any atom is 0.224 e. The summed E-state index contributed by atoms with van der Waals surface area (Å²) in [7, 11) is 3.30. The number of nitrogens with zero attached hydrogens (tertiary/aromatic N) is 4. The van der Waals surface area contributed by atoms with Gasteiger partial charge in [0.1, 0.15) is 17.3 Å². The number of fused-ring (bicyclic) bond motifs is 1. The molecule has 0 atom stereocenters. The predicted molar refractivity (Wildman–Crippen MR) is 135 cm³/mol. The molecule has 0 bridgehead atoms. The molecule has 0 spiro atoms. The number of carbonyl (C=O) groups excluding carboxylic acids is 1. The number of anilines is 2. The Kier molecular flexibility index (Phi) is 7.45. The van der Waals surface area contributed by atoms with Gasteiger partial charge in [-0.15, -0.1) is 15.3 Å². The number of ether oxygens (including phenoxy) is 2. The first-order chi connectivity index (χ1) is 17.0. The lowest BCUT2D eigenvalue weighted by molar-refractivity contribution is -0.116. The summed E-state index contributed by atoms with van der Waals surface area (Å²) in [6.07, 6.45) is 1.44. The van der Waals surface area contributed by atoms with Gasteiger partial charge in [-0.05, 0) is 79.4 Å². The zero-order valence-corrected chi connectivity index (χ0v) is 20.5. The number of hydrogen-bond donors (Lipinski definition) is 2. The van der Waals surface area contributed by atoms with Gasteiger partial charge in [0, 0.05) is 25.1 Å². The molecule has 2 N–H and O–H groups in total. The van der Waals surface area contributed by atoms with Crippen LogP contribution in [0.5, 0.6) is 11.5 Å². The van der Waals surface area contributed by atoms with Gasteiger partial charge in [0.2, 0.25) is 5.91 Å². The van der Waals surface area contributed by atoms with E-state index >= 15 is 0 Å². The van der Waals surface area contributed by atoms with Crippen molar-refractivity contribution in [3.8, 4) is 11.5 Å². The van der Waals surface area contributed by atoms with Crippen LogP contribution in [0.4, 0.5) is 11.5 Å². The summed E-state index contributed by atoms with van der Waals surface area (Å²) >= 11 is 0. The lowest BCUT2D eigenvalue weighted by Crippen LogP contribution is -2.14. The number of aryl methyl sites for hydroxylation is 3. The predicted octanol–water partition coefficient (Wildman–Crippen LogP) is 3.98. The molecule has 0 aliphatic rings. The van der Waals surface area contributed by atoms with Crippen LogP contribution in [0.15, 0.2) is 48.5 Å². The van der Waals surface area contributed by atoms with Crippen LogP contribution in [-0.2, 0) is 17.6 Å². The number of hydrogen-bond acceptors (Lipinski definition) is 7. The molecule has 0 aliphatic carbocycles. The van der Waals surface area contributed by atoms with E-state index in [0.29, 0.717) is 30.3 Å². The highest BCUT2D eigenvalue weighted by atomic mass is 16.5. The monoisotopic (exact) mass is 474 g/mol. The third-order valence-electron chi connectivity index (χ3n) is 5.88. The van der Waals surface area contributed by atoms with Crippen molar-refractivity contribution < 1.29 is 14.3 Å². The van der Waals surface area contributed by atoms with E-state index in [1.54, 1.807) is 18.7 Å². The van der Waals surface area contributed by atoms with Gasteiger partial charge in [-0.25, -0.2) is 0 Å². The third kappa shape index (κ3) is 5.87. The van der Waals surface area contributed by atoms with E-state index in [0.717, 1.165) is 34.7 Å². The summed E-state index contributed by atoms with van der Waals surface area (Å²) in [5.74, 6) is 2.85. The lowest BCUT2D eigenvalue weighted by Gasteiger charge is -2.11. The first-order valence-electron chi connectivity index (χ1n) is 11.5. The molecule has 2 aromatic carbocycles. The number of benzene rings is 2. The largest absolute Gasteiger partial charge is 0.497 e. The highest BCUT2D eigenvalue weighted by Crippen LogP contribution is 2.24. The number of rotatable bonds is 10. The molecule has 2 heterocycles. The second kappa shape index (κ2) is 10.9. The minimum atomic E-state index is -0.0773. The van der Waals surface area contributed by atoms with Gasteiger partial charge in [0.25, 0.3) is 0 Å². The van der Waals surface area contributed by atoms with E-state index in [9.17, 15) is 4.79 Å². The van der Waals surface area contributed by atoms with E-state index in [2.05, 4.69) is 25.9 Å². The SMILES string of the molecule is COc1ccc(OC)c(CCNc2ccc3nnc(CCC(=O)Nc4ccc(C)c(C)c4)n3n2)c1. The first-order valence-corrected chi connectivity index (χ1v) is 11.5. The number of carbonyl (C=O) groups is 1. The Labute approximate surface area is 204 Å². The molecule has 4 aromatic rings. The second-order valence-electron chi connectivity index (χ2n) is 8.31. The van der Waals surface area contributed by atoms with Gasteiger partial charge in [-0.2, -0.15) is 4.52 Å². The van der Waals surface area contributed by atoms with Crippen molar-refractivity contribution in [2.24, 2.45) is 0 Å². The average Bonchev–Trinajstić information content (AvgIpc) is 3.27. The highest BCUT2D eigenvalue weighted by molar-refractivity contribution is 5.90. The average molecular weight is 475 g/mol. The Bertz CT molecular complexity index is 1330. The molecule has 4 rings (SSSR count). The van der Waals surface area contributed by atoms with E-state index < -0.39 is 0 Å². The van der Waals surface area contributed by atoms with Crippen LogP contribution in [0.25, 0.3) is 5.65 Å². The zero-order chi connectivity index (χ0) is 24.8. The molecule has 0 aliphatic heterocycles. The van der Waals surface area contributed by atoms with Crippen LogP contribution >= 0.6 is 0 Å². The topological polar surface area (TPSA) is 103 Å². The van der Waals surface area contributed by atoms with Gasteiger partial charge in [0.15, 0.2) is 11.5 Å². The molecular weight excluding hydrogens is 444 g/mol. The van der Waals surface area contributed by atoms with Crippen molar-refractivity contribution in [1.82, 2.24) is 19.8 Å². The Morgan fingerprint density at radius 2 is 1.80 bits per heavy atom. The van der Waals surface area contributed by atoms with Gasteiger partial charge >= 0.3 is 0 Å². The van der Waals surface area contributed by atoms with E-state index in [-0.39, 0.29) is 12.3 Å². The van der Waals surface area contributed by atoms with Crippen LogP contribution in [0.2, 0.25) is 0 Å². The summed E-state index contributed by atoms with van der Waals surface area (Å²) in [4.78, 5) is 12.5. The quantitative estimate of drug-likeness (QED) is 0.358. The molecule has 0 saturated heterocycles. The fourth-order valence-corrected chi connectivity index (χ4v) is 3.75. The minimum Gasteiger partial charge on any atom is -0.497 e. The maximum atomic E-state index is 12.5. The van der Waals surface area contributed by atoms with Crippen molar-refractivity contribution in [3.05, 3.63) is 71.0 Å². The van der Waals surface area contributed by atoms with Crippen LogP contribution in [0, 0.1) is 13.8 Å². The zero-order valence-electron chi connectivity index (χ0n) is 20.5. The molecule has 2 aromatic heterocycles. The number of amides is 1. The molecule has 1 amide bonds. The Hall–Kier alpha value is -4.14. The van der Waals surface area contributed by atoms with Gasteiger partial charge in [-0.3, -0.25) is 4.79 Å². The van der Waals surface area contributed by atoms with Crippen LogP contribution < -0.4 is 20.1 Å². The van der Waals surface area contributed by atoms with E-state index in [1.807, 2.05) is 62.4 Å². The lowest BCUT2D eigenvalue weighted by atomic mass is 10.1.